The minimum absolute atomic E-state index is 0.925. The highest BCUT2D eigenvalue weighted by Gasteiger charge is 2.26. The lowest BCUT2D eigenvalue weighted by atomic mass is 10.0. The molecular formula is C35H21N3S. The van der Waals surface area contributed by atoms with Crippen LogP contribution in [0.15, 0.2) is 128 Å². The molecule has 0 atom stereocenters. The third-order valence-electron chi connectivity index (χ3n) is 7.94. The summed E-state index contributed by atoms with van der Waals surface area (Å²) in [5, 5.41) is 7.75. The minimum atomic E-state index is 0.925. The van der Waals surface area contributed by atoms with E-state index in [-0.39, 0.29) is 0 Å². The summed E-state index contributed by atoms with van der Waals surface area (Å²) in [5.74, 6) is 0.925. The molecular weight excluding hydrogens is 494 g/mol. The predicted molar refractivity (Wildman–Crippen MR) is 166 cm³/mol. The van der Waals surface area contributed by atoms with E-state index in [2.05, 4.69) is 124 Å². The number of pyridine rings is 1. The molecule has 39 heavy (non-hydrogen) atoms. The van der Waals surface area contributed by atoms with Crippen molar-refractivity contribution in [2.45, 2.75) is 0 Å². The van der Waals surface area contributed by atoms with Gasteiger partial charge in [0, 0.05) is 53.6 Å². The first-order valence-electron chi connectivity index (χ1n) is 13.2. The van der Waals surface area contributed by atoms with E-state index in [1.807, 2.05) is 23.6 Å². The number of nitrogens with zero attached hydrogens (tertiary/aromatic N) is 3. The van der Waals surface area contributed by atoms with Crippen molar-refractivity contribution in [3.05, 3.63) is 128 Å². The molecule has 182 valence electrons. The normalized spacial score (nSPS) is 12.1. The monoisotopic (exact) mass is 515 g/mol. The van der Waals surface area contributed by atoms with E-state index >= 15 is 0 Å². The Bertz CT molecular complexity index is 2370. The smallest absolute Gasteiger partial charge is 0.137 e. The first kappa shape index (κ1) is 21.1. The lowest BCUT2D eigenvalue weighted by Crippen LogP contribution is -2.00. The highest BCUT2D eigenvalue weighted by molar-refractivity contribution is 7.27. The number of rotatable bonds is 2. The molecule has 0 saturated heterocycles. The summed E-state index contributed by atoms with van der Waals surface area (Å²) in [6, 6.07) is 43.4. The van der Waals surface area contributed by atoms with E-state index in [1.165, 1.54) is 63.8 Å². The molecule has 0 N–H and O–H groups in total. The molecule has 0 fully saturated rings. The number of hydrogen-bond acceptors (Lipinski definition) is 2. The Hall–Kier alpha value is -4.93. The second-order valence-electron chi connectivity index (χ2n) is 9.98. The topological polar surface area (TPSA) is 22.8 Å². The molecule has 0 aliphatic carbocycles. The van der Waals surface area contributed by atoms with Crippen LogP contribution in [0.1, 0.15) is 0 Å². The fraction of sp³-hybridized carbons (Fsp3) is 0. The van der Waals surface area contributed by atoms with Crippen LogP contribution in [0.4, 0.5) is 0 Å². The molecule has 0 saturated carbocycles. The first-order valence-corrected chi connectivity index (χ1v) is 14.0. The lowest BCUT2D eigenvalue weighted by molar-refractivity contribution is 1.08. The number of fused-ring (bicyclic) bond motifs is 12. The average molecular weight is 516 g/mol. The zero-order chi connectivity index (χ0) is 25.5. The Labute approximate surface area is 227 Å². The lowest BCUT2D eigenvalue weighted by Gasteiger charge is -2.12. The van der Waals surface area contributed by atoms with Gasteiger partial charge < -0.3 is 4.57 Å². The van der Waals surface area contributed by atoms with Crippen LogP contribution in [-0.2, 0) is 0 Å². The van der Waals surface area contributed by atoms with E-state index in [4.69, 9.17) is 4.98 Å². The fourth-order valence-corrected chi connectivity index (χ4v) is 7.72. The maximum absolute atomic E-state index is 4.87. The maximum atomic E-state index is 4.87. The summed E-state index contributed by atoms with van der Waals surface area (Å²) in [6.07, 6.45) is 1.89. The van der Waals surface area contributed by atoms with Crippen molar-refractivity contribution >= 4 is 75.1 Å². The Balaban J connectivity index is 1.71. The quantitative estimate of drug-likeness (QED) is 0.225. The van der Waals surface area contributed by atoms with Crippen molar-refractivity contribution in [3.8, 4) is 11.5 Å². The van der Waals surface area contributed by atoms with Gasteiger partial charge in [-0.3, -0.25) is 4.57 Å². The molecule has 0 spiro atoms. The second-order valence-corrected chi connectivity index (χ2v) is 11.0. The molecule has 4 heterocycles. The van der Waals surface area contributed by atoms with Crippen LogP contribution in [0, 0.1) is 0 Å². The standard InChI is InChI=1S/C35H21N3S/c1-2-12-22(13-3-1)37-26-17-7-5-15-24(26)32-34(37)33-30(31-25-16-6-9-19-28(25)39-35(31)32)23-14-4-8-18-27(23)38(33)29-20-10-11-21-36-29/h1-21H. The molecule has 9 aromatic rings. The van der Waals surface area contributed by atoms with E-state index in [0.717, 1.165) is 11.5 Å². The number of hydrogen-bond donors (Lipinski definition) is 0. The molecule has 0 radical (unpaired) electrons. The molecule has 0 amide bonds. The van der Waals surface area contributed by atoms with Gasteiger partial charge in [-0.15, -0.1) is 11.3 Å². The summed E-state index contributed by atoms with van der Waals surface area (Å²) in [5.41, 5.74) is 5.95. The second kappa shape index (κ2) is 7.79. The summed E-state index contributed by atoms with van der Waals surface area (Å²) in [4.78, 5) is 4.87. The van der Waals surface area contributed by atoms with Crippen molar-refractivity contribution in [1.82, 2.24) is 14.1 Å². The number of benzene rings is 5. The van der Waals surface area contributed by atoms with Gasteiger partial charge in [0.15, 0.2) is 0 Å². The van der Waals surface area contributed by atoms with Crippen LogP contribution in [-0.4, -0.2) is 14.1 Å². The zero-order valence-electron chi connectivity index (χ0n) is 20.9. The van der Waals surface area contributed by atoms with Crippen LogP contribution in [0.2, 0.25) is 0 Å². The average Bonchev–Trinajstić information content (AvgIpc) is 3.66. The van der Waals surface area contributed by atoms with Crippen LogP contribution < -0.4 is 0 Å². The van der Waals surface area contributed by atoms with E-state index < -0.39 is 0 Å². The van der Waals surface area contributed by atoms with Crippen molar-refractivity contribution in [2.75, 3.05) is 0 Å². The van der Waals surface area contributed by atoms with Gasteiger partial charge in [0.05, 0.1) is 22.1 Å². The third kappa shape index (κ3) is 2.73. The molecule has 4 heteroatoms. The van der Waals surface area contributed by atoms with Gasteiger partial charge in [0.1, 0.15) is 5.82 Å². The predicted octanol–water partition coefficient (Wildman–Crippen LogP) is 9.64. The molecule has 4 aromatic heterocycles. The molecule has 3 nitrogen and oxygen atoms in total. The SMILES string of the molecule is c1ccc(-n2c3ccccc3c3c4sc5ccccc5c4c4c5ccccc5n(-c5ccccn5)c4c32)cc1. The van der Waals surface area contributed by atoms with Crippen LogP contribution in [0.5, 0.6) is 0 Å². The molecule has 5 aromatic carbocycles. The summed E-state index contributed by atoms with van der Waals surface area (Å²) in [7, 11) is 0. The molecule has 0 aliphatic heterocycles. The number of aromatic nitrogens is 3. The molecule has 0 aliphatic rings. The summed E-state index contributed by atoms with van der Waals surface area (Å²) in [6.45, 7) is 0. The number of para-hydroxylation sites is 3. The third-order valence-corrected chi connectivity index (χ3v) is 9.13. The van der Waals surface area contributed by atoms with Crippen LogP contribution >= 0.6 is 11.3 Å². The Morgan fingerprint density at radius 2 is 1.10 bits per heavy atom. The minimum Gasteiger partial charge on any atom is -0.307 e. The van der Waals surface area contributed by atoms with Crippen molar-refractivity contribution in [3.63, 3.8) is 0 Å². The van der Waals surface area contributed by atoms with Gasteiger partial charge in [-0.1, -0.05) is 78.9 Å². The van der Waals surface area contributed by atoms with Crippen LogP contribution in [0.3, 0.4) is 0 Å². The van der Waals surface area contributed by atoms with E-state index in [9.17, 15) is 0 Å². The van der Waals surface area contributed by atoms with Crippen molar-refractivity contribution < 1.29 is 0 Å². The fourth-order valence-electron chi connectivity index (χ4n) is 6.45. The van der Waals surface area contributed by atoms with Crippen LogP contribution in [0.25, 0.3) is 75.3 Å². The van der Waals surface area contributed by atoms with Gasteiger partial charge in [-0.25, -0.2) is 4.98 Å². The Morgan fingerprint density at radius 1 is 0.487 bits per heavy atom. The van der Waals surface area contributed by atoms with Gasteiger partial charge in [-0.05, 0) is 42.5 Å². The largest absolute Gasteiger partial charge is 0.307 e. The molecule has 9 rings (SSSR count). The maximum Gasteiger partial charge on any atom is 0.137 e. The molecule has 0 unspecified atom stereocenters. The molecule has 0 bridgehead atoms. The van der Waals surface area contributed by atoms with E-state index in [1.54, 1.807) is 0 Å². The van der Waals surface area contributed by atoms with Gasteiger partial charge in [0.2, 0.25) is 0 Å². The zero-order valence-corrected chi connectivity index (χ0v) is 21.7. The first-order chi connectivity index (χ1) is 19.4. The summed E-state index contributed by atoms with van der Waals surface area (Å²) < 4.78 is 7.48. The van der Waals surface area contributed by atoms with Gasteiger partial charge in [0.25, 0.3) is 0 Å². The van der Waals surface area contributed by atoms with Crippen molar-refractivity contribution in [2.24, 2.45) is 0 Å². The number of thiophene rings is 1. The van der Waals surface area contributed by atoms with Gasteiger partial charge in [-0.2, -0.15) is 0 Å². The highest BCUT2D eigenvalue weighted by Crippen LogP contribution is 2.50. The van der Waals surface area contributed by atoms with E-state index in [0.29, 0.717) is 0 Å². The summed E-state index contributed by atoms with van der Waals surface area (Å²) >= 11 is 1.90. The highest BCUT2D eigenvalue weighted by atomic mass is 32.1. The van der Waals surface area contributed by atoms with Crippen molar-refractivity contribution in [1.29, 1.82) is 0 Å². The van der Waals surface area contributed by atoms with Gasteiger partial charge >= 0.3 is 0 Å². The Kier molecular flexibility index (Phi) is 4.21. The Morgan fingerprint density at radius 3 is 1.87 bits per heavy atom.